The molecule has 5 aromatic carbocycles. The van der Waals surface area contributed by atoms with Crippen molar-refractivity contribution in [2.24, 2.45) is 0 Å². The van der Waals surface area contributed by atoms with Crippen molar-refractivity contribution in [3.63, 3.8) is 0 Å². The van der Waals surface area contributed by atoms with E-state index in [9.17, 15) is 32.7 Å². The molecule has 0 aliphatic carbocycles. The van der Waals surface area contributed by atoms with Crippen LogP contribution in [-0.2, 0) is 15.8 Å². The average molecular weight is 698 g/mol. The summed E-state index contributed by atoms with van der Waals surface area (Å²) in [7, 11) is 1.40. The highest BCUT2D eigenvalue weighted by molar-refractivity contribution is 8.00. The number of methoxy groups -OCH3 is 1. The fraction of sp³-hybridized carbons (Fsp3) is 0.0789. The predicted octanol–water partition coefficient (Wildman–Crippen LogP) is 8.30. The van der Waals surface area contributed by atoms with E-state index in [0.29, 0.717) is 27.3 Å². The quantitative estimate of drug-likeness (QED) is 0.0816. The van der Waals surface area contributed by atoms with Crippen molar-refractivity contribution in [2.45, 2.75) is 16.3 Å². The van der Waals surface area contributed by atoms with Crippen LogP contribution in [0.15, 0.2) is 138 Å². The summed E-state index contributed by atoms with van der Waals surface area (Å²) < 4.78 is 46.4. The van der Waals surface area contributed by atoms with Crippen LogP contribution in [0.5, 0.6) is 11.5 Å². The number of alkyl halides is 3. The minimum atomic E-state index is -4.67. The topological polar surface area (TPSA) is 117 Å². The molecule has 5 aromatic rings. The van der Waals surface area contributed by atoms with Gasteiger partial charge in [0.25, 0.3) is 11.8 Å². The Balaban J connectivity index is 1.41. The Morgan fingerprint density at radius 2 is 1.48 bits per heavy atom. The van der Waals surface area contributed by atoms with Crippen LogP contribution in [0, 0.1) is 0 Å². The third-order valence-electron chi connectivity index (χ3n) is 7.22. The number of halogens is 3. The van der Waals surface area contributed by atoms with E-state index in [1.807, 2.05) is 0 Å². The lowest BCUT2D eigenvalue weighted by Gasteiger charge is -2.19. The number of carbonyl (C=O) groups excluding carboxylic acids is 3. The number of ether oxygens (including phenoxy) is 1. The lowest BCUT2D eigenvalue weighted by Crippen LogP contribution is -2.30. The van der Waals surface area contributed by atoms with E-state index in [-0.39, 0.29) is 22.9 Å². The van der Waals surface area contributed by atoms with Crippen molar-refractivity contribution in [3.05, 3.63) is 155 Å². The fourth-order valence-electron chi connectivity index (χ4n) is 4.84. The molecule has 0 aromatic heterocycles. The molecule has 0 saturated heterocycles. The van der Waals surface area contributed by atoms with Gasteiger partial charge in [0, 0.05) is 27.8 Å². The molecule has 0 bridgehead atoms. The largest absolute Gasteiger partial charge is 0.508 e. The van der Waals surface area contributed by atoms with Crippen molar-refractivity contribution >= 4 is 46.9 Å². The summed E-state index contributed by atoms with van der Waals surface area (Å²) in [4.78, 5) is 40.9. The van der Waals surface area contributed by atoms with Crippen LogP contribution in [0.1, 0.15) is 32.3 Å². The van der Waals surface area contributed by atoms with Gasteiger partial charge in [-0.25, -0.2) is 0 Å². The molecule has 0 fully saturated rings. The molecule has 0 aliphatic rings. The van der Waals surface area contributed by atoms with E-state index in [1.165, 1.54) is 49.6 Å². The summed E-state index contributed by atoms with van der Waals surface area (Å²) in [6, 6.07) is 32.5. The van der Waals surface area contributed by atoms with Crippen LogP contribution in [0.4, 0.5) is 24.5 Å². The van der Waals surface area contributed by atoms with Gasteiger partial charge in [0.1, 0.15) is 22.4 Å². The van der Waals surface area contributed by atoms with Gasteiger partial charge in [0.05, 0.1) is 18.4 Å². The molecule has 8 nitrogen and oxygen atoms in total. The van der Waals surface area contributed by atoms with Crippen molar-refractivity contribution in [1.82, 2.24) is 5.32 Å². The van der Waals surface area contributed by atoms with Gasteiger partial charge in [-0.2, -0.15) is 13.2 Å². The molecule has 1 unspecified atom stereocenters. The van der Waals surface area contributed by atoms with Crippen LogP contribution >= 0.6 is 11.8 Å². The summed E-state index contributed by atoms with van der Waals surface area (Å²) in [5.74, 6) is -1.71. The summed E-state index contributed by atoms with van der Waals surface area (Å²) in [5, 5.41) is 16.8. The van der Waals surface area contributed by atoms with E-state index < -0.39 is 34.7 Å². The number of rotatable bonds is 11. The highest BCUT2D eigenvalue weighted by atomic mass is 32.2. The second-order valence-electron chi connectivity index (χ2n) is 10.7. The smallest absolute Gasteiger partial charge is 0.418 e. The van der Waals surface area contributed by atoms with Crippen LogP contribution < -0.4 is 20.7 Å². The lowest BCUT2D eigenvalue weighted by molar-refractivity contribution is -0.137. The number of hydrogen-bond acceptors (Lipinski definition) is 6. The lowest BCUT2D eigenvalue weighted by atomic mass is 10.1. The average Bonchev–Trinajstić information content (AvgIpc) is 3.11. The molecule has 5 rings (SSSR count). The number of amides is 3. The third kappa shape index (κ3) is 9.11. The van der Waals surface area contributed by atoms with Gasteiger partial charge in [0.15, 0.2) is 0 Å². The first-order valence-electron chi connectivity index (χ1n) is 15.1. The number of phenolic OH excluding ortho intramolecular Hbond substituents is 1. The zero-order valence-electron chi connectivity index (χ0n) is 26.4. The molecular formula is C38H30F3N3O5S. The number of para-hydroxylation sites is 1. The number of anilines is 2. The maximum atomic E-state index is 13.7. The molecule has 12 heteroatoms. The SMILES string of the molecule is COc1cc(O)ccc1/C=C(/NC(=O)c1ccccc1)C(=O)Nc1cccc(SC(C(=O)Nc2ccccc2C(F)(F)F)c2ccccc2)c1. The molecule has 254 valence electrons. The van der Waals surface area contributed by atoms with Gasteiger partial charge in [-0.05, 0) is 66.2 Å². The summed E-state index contributed by atoms with van der Waals surface area (Å²) >= 11 is 1.08. The van der Waals surface area contributed by atoms with Gasteiger partial charge >= 0.3 is 6.18 Å². The summed E-state index contributed by atoms with van der Waals surface area (Å²) in [6.07, 6.45) is -3.27. The van der Waals surface area contributed by atoms with Crippen LogP contribution in [-0.4, -0.2) is 29.9 Å². The number of benzene rings is 5. The van der Waals surface area contributed by atoms with E-state index in [2.05, 4.69) is 16.0 Å². The number of nitrogens with one attached hydrogen (secondary N) is 3. The highest BCUT2D eigenvalue weighted by Gasteiger charge is 2.34. The Morgan fingerprint density at radius 3 is 2.18 bits per heavy atom. The number of hydrogen-bond donors (Lipinski definition) is 4. The molecule has 0 spiro atoms. The first-order chi connectivity index (χ1) is 24.0. The van der Waals surface area contributed by atoms with Crippen LogP contribution in [0.25, 0.3) is 6.08 Å². The summed E-state index contributed by atoms with van der Waals surface area (Å²) in [5.41, 5.74) is 0.100. The Morgan fingerprint density at radius 1 is 0.800 bits per heavy atom. The third-order valence-corrected chi connectivity index (χ3v) is 8.47. The molecule has 0 heterocycles. The molecule has 50 heavy (non-hydrogen) atoms. The second-order valence-corrected chi connectivity index (χ2v) is 11.9. The van der Waals surface area contributed by atoms with Crippen molar-refractivity contribution in [1.29, 1.82) is 0 Å². The number of thioether (sulfide) groups is 1. The van der Waals surface area contributed by atoms with Crippen molar-refractivity contribution in [3.8, 4) is 11.5 Å². The first kappa shape index (κ1) is 35.3. The van der Waals surface area contributed by atoms with E-state index in [0.717, 1.165) is 17.8 Å². The number of aromatic hydroxyl groups is 1. The normalized spacial score (nSPS) is 12.0. The zero-order chi connectivity index (χ0) is 35.7. The molecule has 0 saturated carbocycles. The van der Waals surface area contributed by atoms with E-state index in [1.54, 1.807) is 84.9 Å². The predicted molar refractivity (Wildman–Crippen MR) is 187 cm³/mol. The monoisotopic (exact) mass is 697 g/mol. The fourth-order valence-corrected chi connectivity index (χ4v) is 5.92. The maximum Gasteiger partial charge on any atom is 0.418 e. The molecule has 0 radical (unpaired) electrons. The molecular weight excluding hydrogens is 667 g/mol. The standard InChI is InChI=1S/C38H30F3N3O5S/c1-49-33-23-28(45)20-19-26(33)21-32(44-35(46)25-13-6-3-7-14-25)36(47)42-27-15-10-16-29(22-27)50-34(24-11-4-2-5-12-24)37(48)43-31-18-9-8-17-30(31)38(39,40)41/h2-23,34,45H,1H3,(H,42,47)(H,43,48)(H,44,46)/b32-21+. The van der Waals surface area contributed by atoms with Gasteiger partial charge in [-0.3, -0.25) is 14.4 Å². The minimum Gasteiger partial charge on any atom is -0.508 e. The Kier molecular flexibility index (Phi) is 11.2. The minimum absolute atomic E-state index is 0.0558. The Labute approximate surface area is 290 Å². The number of phenols is 1. The van der Waals surface area contributed by atoms with Crippen molar-refractivity contribution < 1.29 is 37.4 Å². The molecule has 3 amide bonds. The second kappa shape index (κ2) is 15.9. The van der Waals surface area contributed by atoms with E-state index >= 15 is 0 Å². The van der Waals surface area contributed by atoms with Gasteiger partial charge in [-0.15, -0.1) is 11.8 Å². The van der Waals surface area contributed by atoms with Crippen LogP contribution in [0.3, 0.4) is 0 Å². The summed E-state index contributed by atoms with van der Waals surface area (Å²) in [6.45, 7) is 0. The maximum absolute atomic E-state index is 13.7. The number of carbonyl (C=O) groups is 3. The highest BCUT2D eigenvalue weighted by Crippen LogP contribution is 2.39. The van der Waals surface area contributed by atoms with Crippen molar-refractivity contribution in [2.75, 3.05) is 17.7 Å². The van der Waals surface area contributed by atoms with Crippen LogP contribution in [0.2, 0.25) is 0 Å². The van der Waals surface area contributed by atoms with Gasteiger partial charge < -0.3 is 25.8 Å². The van der Waals surface area contributed by atoms with Gasteiger partial charge in [-0.1, -0.05) is 66.7 Å². The molecule has 4 N–H and O–H groups in total. The van der Waals surface area contributed by atoms with E-state index in [4.69, 9.17) is 4.74 Å². The van der Waals surface area contributed by atoms with Gasteiger partial charge in [0.2, 0.25) is 5.91 Å². The molecule has 0 aliphatic heterocycles. The molecule has 1 atom stereocenters. The zero-order valence-corrected chi connectivity index (χ0v) is 27.2. The first-order valence-corrected chi connectivity index (χ1v) is 15.9. The Bertz CT molecular complexity index is 2020. The Hall–Kier alpha value is -6.01.